The minimum Gasteiger partial charge on any atom is -0.372 e. The van der Waals surface area contributed by atoms with Gasteiger partial charge in [-0.3, -0.25) is 0 Å². The van der Waals surface area contributed by atoms with Crippen LogP contribution >= 0.6 is 0 Å². The molecule has 1 atom stereocenters. The summed E-state index contributed by atoms with van der Waals surface area (Å²) in [6.45, 7) is 3.09. The van der Waals surface area contributed by atoms with Crippen LogP contribution in [0.2, 0.25) is 0 Å². The van der Waals surface area contributed by atoms with Crippen LogP contribution in [0.3, 0.4) is 0 Å². The van der Waals surface area contributed by atoms with Crippen LogP contribution in [-0.2, 0) is 4.74 Å². The van der Waals surface area contributed by atoms with Crippen molar-refractivity contribution in [3.8, 4) is 0 Å². The van der Waals surface area contributed by atoms with Crippen molar-refractivity contribution in [1.29, 1.82) is 0 Å². The molecule has 1 nitrogen and oxygen atoms in total. The van der Waals surface area contributed by atoms with Crippen molar-refractivity contribution in [1.82, 2.24) is 0 Å². The number of hydrogen-bond donors (Lipinski definition) is 0. The molecule has 0 aromatic rings. The van der Waals surface area contributed by atoms with Gasteiger partial charge in [0.2, 0.25) is 0 Å². The molecule has 0 bridgehead atoms. The Bertz CT molecular complexity index is 111. The maximum Gasteiger partial charge on any atom is 0.411 e. The molecule has 0 aliphatic heterocycles. The minimum atomic E-state index is -4.19. The summed E-state index contributed by atoms with van der Waals surface area (Å²) in [5.41, 5.74) is 0. The fourth-order valence-electron chi connectivity index (χ4n) is 0.677. The molecule has 0 aliphatic carbocycles. The van der Waals surface area contributed by atoms with E-state index in [-0.39, 0.29) is 6.61 Å². The number of rotatable bonds is 5. The summed E-state index contributed by atoms with van der Waals surface area (Å²) in [5.74, 6) is 0.443. The van der Waals surface area contributed by atoms with Crippen molar-refractivity contribution in [2.24, 2.45) is 5.92 Å². The van der Waals surface area contributed by atoms with Gasteiger partial charge in [0, 0.05) is 6.61 Å². The molecule has 0 amide bonds. The van der Waals surface area contributed by atoms with Crippen molar-refractivity contribution in [2.45, 2.75) is 32.9 Å². The molecule has 0 saturated carbocycles. The molecule has 0 N–H and O–H groups in total. The average Bonchev–Trinajstić information content (AvgIpc) is 1.96. The van der Waals surface area contributed by atoms with E-state index in [1.807, 2.05) is 13.8 Å². The van der Waals surface area contributed by atoms with Gasteiger partial charge in [0.05, 0.1) is 0 Å². The van der Waals surface area contributed by atoms with Crippen molar-refractivity contribution in [3.05, 3.63) is 0 Å². The van der Waals surface area contributed by atoms with Crippen LogP contribution in [0.5, 0.6) is 0 Å². The Kier molecular flexibility index (Phi) is 5.29. The number of alkyl halides is 3. The first-order valence-corrected chi connectivity index (χ1v) is 4.10. The van der Waals surface area contributed by atoms with Gasteiger partial charge in [-0.25, -0.2) is 0 Å². The van der Waals surface area contributed by atoms with Crippen LogP contribution in [0, 0.1) is 5.92 Å². The van der Waals surface area contributed by atoms with Crippen LogP contribution in [-0.4, -0.2) is 19.4 Å². The molecule has 4 heteroatoms. The van der Waals surface area contributed by atoms with Gasteiger partial charge >= 0.3 is 6.18 Å². The number of ether oxygens (including phenoxy) is 1. The van der Waals surface area contributed by atoms with Gasteiger partial charge in [0.1, 0.15) is 6.61 Å². The molecule has 0 rings (SSSR count). The third-order valence-corrected chi connectivity index (χ3v) is 1.72. The van der Waals surface area contributed by atoms with E-state index in [2.05, 4.69) is 4.74 Å². The van der Waals surface area contributed by atoms with Crippen molar-refractivity contribution in [3.63, 3.8) is 0 Å². The van der Waals surface area contributed by atoms with E-state index < -0.39 is 12.8 Å². The van der Waals surface area contributed by atoms with E-state index >= 15 is 0 Å². The highest BCUT2D eigenvalue weighted by Gasteiger charge is 2.27. The molecule has 0 heterocycles. The SMILES string of the molecule is CCC(C)CCOCC(F)(F)F. The highest BCUT2D eigenvalue weighted by molar-refractivity contribution is 4.50. The fourth-order valence-corrected chi connectivity index (χ4v) is 0.677. The molecule has 0 fully saturated rings. The van der Waals surface area contributed by atoms with Crippen molar-refractivity contribution >= 4 is 0 Å². The molecule has 0 radical (unpaired) electrons. The molecule has 0 saturated heterocycles. The zero-order valence-electron chi connectivity index (χ0n) is 7.45. The predicted octanol–water partition coefficient (Wildman–Crippen LogP) is 3.00. The molecule has 0 aromatic carbocycles. The molecule has 74 valence electrons. The molecule has 0 aliphatic rings. The summed E-state index contributed by atoms with van der Waals surface area (Å²) >= 11 is 0. The van der Waals surface area contributed by atoms with Gasteiger partial charge < -0.3 is 4.74 Å². The largest absolute Gasteiger partial charge is 0.411 e. The van der Waals surface area contributed by atoms with E-state index in [1.165, 1.54) is 0 Å². The maximum atomic E-state index is 11.5. The molecule has 12 heavy (non-hydrogen) atoms. The van der Waals surface area contributed by atoms with E-state index in [0.29, 0.717) is 12.3 Å². The van der Waals surface area contributed by atoms with E-state index in [4.69, 9.17) is 0 Å². The summed E-state index contributed by atoms with van der Waals surface area (Å²) in [5, 5.41) is 0. The second-order valence-corrected chi connectivity index (χ2v) is 2.97. The highest BCUT2D eigenvalue weighted by Crippen LogP contribution is 2.15. The van der Waals surface area contributed by atoms with Crippen LogP contribution in [0.1, 0.15) is 26.7 Å². The standard InChI is InChI=1S/C8H15F3O/c1-3-7(2)4-5-12-6-8(9,10)11/h7H,3-6H2,1-2H3. The summed E-state index contributed by atoms with van der Waals surface area (Å²) in [7, 11) is 0. The Balaban J connectivity index is 3.22. The van der Waals surface area contributed by atoms with E-state index in [9.17, 15) is 13.2 Å². The monoisotopic (exact) mass is 184 g/mol. The van der Waals surface area contributed by atoms with Crippen LogP contribution in [0.15, 0.2) is 0 Å². The third kappa shape index (κ3) is 7.85. The second kappa shape index (κ2) is 5.41. The smallest absolute Gasteiger partial charge is 0.372 e. The Morgan fingerprint density at radius 3 is 2.33 bits per heavy atom. The van der Waals surface area contributed by atoms with Crippen LogP contribution < -0.4 is 0 Å². The van der Waals surface area contributed by atoms with Gasteiger partial charge in [0.15, 0.2) is 0 Å². The normalized spacial score (nSPS) is 14.8. The molecule has 0 spiro atoms. The lowest BCUT2D eigenvalue weighted by Crippen LogP contribution is -2.17. The Hall–Kier alpha value is -0.250. The lowest BCUT2D eigenvalue weighted by molar-refractivity contribution is -0.174. The van der Waals surface area contributed by atoms with Gasteiger partial charge in [-0.2, -0.15) is 13.2 Å². The maximum absolute atomic E-state index is 11.5. The van der Waals surface area contributed by atoms with Crippen LogP contribution in [0.25, 0.3) is 0 Å². The third-order valence-electron chi connectivity index (χ3n) is 1.72. The summed E-state index contributed by atoms with van der Waals surface area (Å²) in [4.78, 5) is 0. The quantitative estimate of drug-likeness (QED) is 0.597. The van der Waals surface area contributed by atoms with Gasteiger partial charge in [-0.15, -0.1) is 0 Å². The molecular formula is C8H15F3O. The zero-order chi connectivity index (χ0) is 9.61. The Labute approximate surface area is 70.9 Å². The van der Waals surface area contributed by atoms with Crippen molar-refractivity contribution in [2.75, 3.05) is 13.2 Å². The molecule has 1 unspecified atom stereocenters. The number of halogens is 3. The van der Waals surface area contributed by atoms with E-state index in [1.54, 1.807) is 0 Å². The fraction of sp³-hybridized carbons (Fsp3) is 1.00. The zero-order valence-corrected chi connectivity index (χ0v) is 7.45. The predicted molar refractivity (Wildman–Crippen MR) is 40.9 cm³/mol. The summed E-state index contributed by atoms with van der Waals surface area (Å²) in [6, 6.07) is 0. The average molecular weight is 184 g/mol. The lowest BCUT2D eigenvalue weighted by atomic mass is 10.1. The first-order chi connectivity index (χ1) is 5.45. The number of hydrogen-bond acceptors (Lipinski definition) is 1. The topological polar surface area (TPSA) is 9.23 Å². The Morgan fingerprint density at radius 2 is 1.92 bits per heavy atom. The van der Waals surface area contributed by atoms with Gasteiger partial charge in [-0.05, 0) is 12.3 Å². The minimum absolute atomic E-state index is 0.203. The highest BCUT2D eigenvalue weighted by atomic mass is 19.4. The first-order valence-electron chi connectivity index (χ1n) is 4.10. The Morgan fingerprint density at radius 1 is 1.33 bits per heavy atom. The van der Waals surface area contributed by atoms with E-state index in [0.717, 1.165) is 6.42 Å². The lowest BCUT2D eigenvalue weighted by Gasteiger charge is -2.10. The first kappa shape index (κ1) is 11.8. The molecule has 0 aromatic heterocycles. The molecular weight excluding hydrogens is 169 g/mol. The van der Waals surface area contributed by atoms with Crippen molar-refractivity contribution < 1.29 is 17.9 Å². The summed E-state index contributed by atoms with van der Waals surface area (Å²) in [6.07, 6.45) is -2.50. The summed E-state index contributed by atoms with van der Waals surface area (Å²) < 4.78 is 39.1. The second-order valence-electron chi connectivity index (χ2n) is 2.97. The van der Waals surface area contributed by atoms with Gasteiger partial charge in [-0.1, -0.05) is 20.3 Å². The van der Waals surface area contributed by atoms with Crippen LogP contribution in [0.4, 0.5) is 13.2 Å². The van der Waals surface area contributed by atoms with Gasteiger partial charge in [0.25, 0.3) is 0 Å².